The van der Waals surface area contributed by atoms with E-state index in [0.717, 1.165) is 0 Å². The molecule has 2 rings (SSSR count). The van der Waals surface area contributed by atoms with Crippen LogP contribution >= 0.6 is 0 Å². The second-order valence-electron chi connectivity index (χ2n) is 2.31. The molecule has 0 aromatic heterocycles. The summed E-state index contributed by atoms with van der Waals surface area (Å²) in [5, 5.41) is 14.6. The first-order chi connectivity index (χ1) is 5.29. The number of nitrogens with one attached hydrogen (secondary N) is 2. The summed E-state index contributed by atoms with van der Waals surface area (Å²) >= 11 is 0. The molecule has 3 nitrogen and oxygen atoms in total. The molecule has 0 radical (unpaired) electrons. The zero-order valence-electron chi connectivity index (χ0n) is 5.72. The second-order valence-corrected chi connectivity index (χ2v) is 2.31. The molecular weight excluding hydrogens is 140 g/mol. The minimum absolute atomic E-state index is 0.0746. The van der Waals surface area contributed by atoms with Gasteiger partial charge in [-0.15, -0.1) is 0 Å². The van der Waals surface area contributed by atoms with Crippen LogP contribution in [-0.2, 0) is 4.74 Å². The highest BCUT2D eigenvalue weighted by Crippen LogP contribution is 2.18. The normalized spacial score (nSPS) is 14.5. The molecule has 0 atom stereocenters. The molecule has 1 aliphatic heterocycles. The lowest BCUT2D eigenvalue weighted by Crippen LogP contribution is -1.96. The van der Waals surface area contributed by atoms with Crippen LogP contribution in [0.1, 0.15) is 11.1 Å². The van der Waals surface area contributed by atoms with Gasteiger partial charge < -0.3 is 4.74 Å². The third-order valence-corrected chi connectivity index (χ3v) is 1.62. The predicted molar refractivity (Wildman–Crippen MR) is 41.2 cm³/mol. The number of rotatable bonds is 0. The summed E-state index contributed by atoms with van der Waals surface area (Å²) in [6, 6.07) is 7.21. The van der Waals surface area contributed by atoms with Crippen molar-refractivity contribution >= 4 is 11.8 Å². The first-order valence-electron chi connectivity index (χ1n) is 3.24. The highest BCUT2D eigenvalue weighted by molar-refractivity contribution is 6.16. The van der Waals surface area contributed by atoms with Gasteiger partial charge in [-0.3, -0.25) is 10.8 Å². The van der Waals surface area contributed by atoms with E-state index in [-0.39, 0.29) is 11.8 Å². The molecule has 0 aliphatic carbocycles. The van der Waals surface area contributed by atoms with Crippen molar-refractivity contribution in [3.63, 3.8) is 0 Å². The lowest BCUT2D eigenvalue weighted by Gasteiger charge is -1.89. The Kier molecular flexibility index (Phi) is 1.06. The molecule has 0 spiro atoms. The van der Waals surface area contributed by atoms with Crippen molar-refractivity contribution in [2.75, 3.05) is 0 Å². The maximum Gasteiger partial charge on any atom is 0.222 e. The fourth-order valence-electron chi connectivity index (χ4n) is 1.09. The van der Waals surface area contributed by atoms with Crippen molar-refractivity contribution in [3.8, 4) is 0 Å². The molecule has 54 valence electrons. The number of hydrogen-bond donors (Lipinski definition) is 2. The molecule has 1 aliphatic rings. The van der Waals surface area contributed by atoms with E-state index in [2.05, 4.69) is 0 Å². The van der Waals surface area contributed by atoms with Crippen molar-refractivity contribution < 1.29 is 4.74 Å². The van der Waals surface area contributed by atoms with E-state index in [0.29, 0.717) is 11.1 Å². The molecule has 1 aromatic carbocycles. The van der Waals surface area contributed by atoms with Gasteiger partial charge in [0.05, 0.1) is 0 Å². The lowest BCUT2D eigenvalue weighted by atomic mass is 10.1. The van der Waals surface area contributed by atoms with Gasteiger partial charge in [0, 0.05) is 11.1 Å². The first kappa shape index (κ1) is 6.09. The Hall–Kier alpha value is -1.64. The van der Waals surface area contributed by atoms with Crippen molar-refractivity contribution in [1.82, 2.24) is 0 Å². The second kappa shape index (κ2) is 1.92. The van der Waals surface area contributed by atoms with E-state index in [4.69, 9.17) is 15.6 Å². The van der Waals surface area contributed by atoms with Gasteiger partial charge in [0.2, 0.25) is 11.8 Å². The number of hydrogen-bond acceptors (Lipinski definition) is 3. The fraction of sp³-hybridized carbons (Fsp3) is 0. The van der Waals surface area contributed by atoms with Crippen LogP contribution in [0.25, 0.3) is 0 Å². The van der Waals surface area contributed by atoms with Crippen LogP contribution in [0.3, 0.4) is 0 Å². The minimum atomic E-state index is 0.0746. The van der Waals surface area contributed by atoms with Crippen LogP contribution in [0, 0.1) is 10.8 Å². The van der Waals surface area contributed by atoms with Gasteiger partial charge in [0.15, 0.2) is 0 Å². The molecule has 11 heavy (non-hydrogen) atoms. The topological polar surface area (TPSA) is 56.9 Å². The summed E-state index contributed by atoms with van der Waals surface area (Å²) in [6.45, 7) is 0. The van der Waals surface area contributed by atoms with Gasteiger partial charge in [0.1, 0.15) is 0 Å². The van der Waals surface area contributed by atoms with Crippen LogP contribution in [-0.4, -0.2) is 11.8 Å². The van der Waals surface area contributed by atoms with Gasteiger partial charge in [-0.2, -0.15) is 0 Å². The van der Waals surface area contributed by atoms with Crippen molar-refractivity contribution in [2.24, 2.45) is 0 Å². The molecule has 0 bridgehead atoms. The smallest absolute Gasteiger partial charge is 0.222 e. The zero-order chi connectivity index (χ0) is 7.84. The van der Waals surface area contributed by atoms with E-state index in [1.54, 1.807) is 12.1 Å². The van der Waals surface area contributed by atoms with Crippen LogP contribution in [0.2, 0.25) is 0 Å². The summed E-state index contributed by atoms with van der Waals surface area (Å²) in [5.74, 6) is 0.149. The van der Waals surface area contributed by atoms with E-state index in [1.807, 2.05) is 12.1 Å². The van der Waals surface area contributed by atoms with Gasteiger partial charge in [0.25, 0.3) is 0 Å². The molecule has 0 unspecified atom stereocenters. The molecule has 0 saturated heterocycles. The molecule has 1 aromatic rings. The molecule has 0 amide bonds. The SMILES string of the molecule is N=C1OC(=N)c2ccccc21. The van der Waals surface area contributed by atoms with Crippen molar-refractivity contribution in [1.29, 1.82) is 10.8 Å². The maximum absolute atomic E-state index is 7.30. The lowest BCUT2D eigenvalue weighted by molar-refractivity contribution is 0.553. The largest absolute Gasteiger partial charge is 0.421 e. The summed E-state index contributed by atoms with van der Waals surface area (Å²) in [7, 11) is 0. The van der Waals surface area contributed by atoms with Crippen molar-refractivity contribution in [3.05, 3.63) is 35.4 Å². The van der Waals surface area contributed by atoms with Crippen LogP contribution in [0.5, 0.6) is 0 Å². The zero-order valence-corrected chi connectivity index (χ0v) is 5.72. The van der Waals surface area contributed by atoms with Crippen LogP contribution in [0.4, 0.5) is 0 Å². The molecule has 1 heterocycles. The first-order valence-corrected chi connectivity index (χ1v) is 3.24. The van der Waals surface area contributed by atoms with E-state index in [9.17, 15) is 0 Å². The Labute approximate surface area is 63.6 Å². The molecule has 0 saturated carbocycles. The number of fused-ring (bicyclic) bond motifs is 1. The van der Waals surface area contributed by atoms with Crippen molar-refractivity contribution in [2.45, 2.75) is 0 Å². The Morgan fingerprint density at radius 3 is 1.82 bits per heavy atom. The molecule has 2 N–H and O–H groups in total. The average Bonchev–Trinajstić information content (AvgIpc) is 2.30. The summed E-state index contributed by atoms with van der Waals surface area (Å²) in [4.78, 5) is 0. The third-order valence-electron chi connectivity index (χ3n) is 1.62. The predicted octanol–water partition coefficient (Wildman–Crippen LogP) is 1.37. The molecule has 3 heteroatoms. The van der Waals surface area contributed by atoms with Gasteiger partial charge in [-0.1, -0.05) is 12.1 Å². The Morgan fingerprint density at radius 1 is 0.909 bits per heavy atom. The maximum atomic E-state index is 7.30. The standard InChI is InChI=1S/C8H6N2O/c9-7-5-3-1-2-4-6(5)8(10)11-7/h1-4,9-10H. The fourth-order valence-corrected chi connectivity index (χ4v) is 1.09. The average molecular weight is 146 g/mol. The quantitative estimate of drug-likeness (QED) is 0.570. The summed E-state index contributed by atoms with van der Waals surface area (Å²) in [5.41, 5.74) is 1.41. The van der Waals surface area contributed by atoms with E-state index in [1.165, 1.54) is 0 Å². The van der Waals surface area contributed by atoms with Gasteiger partial charge >= 0.3 is 0 Å². The summed E-state index contributed by atoms with van der Waals surface area (Å²) < 4.78 is 4.80. The van der Waals surface area contributed by atoms with Crippen LogP contribution in [0.15, 0.2) is 24.3 Å². The Balaban J connectivity index is 2.69. The van der Waals surface area contributed by atoms with Gasteiger partial charge in [-0.25, -0.2) is 0 Å². The molecule has 0 fully saturated rings. The Bertz CT molecular complexity index is 311. The van der Waals surface area contributed by atoms with E-state index >= 15 is 0 Å². The monoisotopic (exact) mass is 146 g/mol. The summed E-state index contributed by atoms with van der Waals surface area (Å²) in [6.07, 6.45) is 0. The molecular formula is C8H6N2O. The minimum Gasteiger partial charge on any atom is -0.421 e. The number of ether oxygens (including phenoxy) is 1. The highest BCUT2D eigenvalue weighted by atomic mass is 16.5. The number of benzene rings is 1. The third kappa shape index (κ3) is 0.741. The van der Waals surface area contributed by atoms with Crippen LogP contribution < -0.4 is 0 Å². The van der Waals surface area contributed by atoms with Gasteiger partial charge in [-0.05, 0) is 12.1 Å². The highest BCUT2D eigenvalue weighted by Gasteiger charge is 2.22. The van der Waals surface area contributed by atoms with E-state index < -0.39 is 0 Å². The Morgan fingerprint density at radius 2 is 1.36 bits per heavy atom.